The van der Waals surface area contributed by atoms with Crippen molar-refractivity contribution in [3.63, 3.8) is 0 Å². The van der Waals surface area contributed by atoms with Gasteiger partial charge in [0, 0.05) is 12.1 Å². The second kappa shape index (κ2) is 8.38. The summed E-state index contributed by atoms with van der Waals surface area (Å²) < 4.78 is 10.7. The van der Waals surface area contributed by atoms with Gasteiger partial charge in [0.05, 0.1) is 20.8 Å². The van der Waals surface area contributed by atoms with E-state index in [1.807, 2.05) is 12.1 Å². The zero-order valence-electron chi connectivity index (χ0n) is 15.5. The maximum absolute atomic E-state index is 12.3. The SMILES string of the molecule is COc1ccc(C2CCCN2CC(=O)NC(C)C(C)C)cc1OC. The molecule has 1 amide bonds. The largest absolute Gasteiger partial charge is 0.493 e. The summed E-state index contributed by atoms with van der Waals surface area (Å²) >= 11 is 0. The topological polar surface area (TPSA) is 50.8 Å². The Kier molecular flexibility index (Phi) is 6.49. The molecule has 24 heavy (non-hydrogen) atoms. The van der Waals surface area contributed by atoms with Gasteiger partial charge in [-0.15, -0.1) is 0 Å². The second-order valence-electron chi connectivity index (χ2n) is 6.84. The molecule has 1 aliphatic heterocycles. The first-order valence-electron chi connectivity index (χ1n) is 8.71. The Hall–Kier alpha value is -1.75. The van der Waals surface area contributed by atoms with Crippen molar-refractivity contribution in [2.75, 3.05) is 27.3 Å². The minimum absolute atomic E-state index is 0.101. The van der Waals surface area contributed by atoms with E-state index in [4.69, 9.17) is 9.47 Å². The van der Waals surface area contributed by atoms with Crippen LogP contribution in [0.1, 0.15) is 45.2 Å². The highest BCUT2D eigenvalue weighted by atomic mass is 16.5. The molecule has 1 saturated heterocycles. The van der Waals surface area contributed by atoms with Crippen LogP contribution in [0.2, 0.25) is 0 Å². The highest BCUT2D eigenvalue weighted by molar-refractivity contribution is 5.78. The normalized spacial score (nSPS) is 19.3. The predicted octanol–water partition coefficient (Wildman–Crippen LogP) is 3.00. The average Bonchev–Trinajstić information content (AvgIpc) is 3.01. The fourth-order valence-corrected chi connectivity index (χ4v) is 3.10. The van der Waals surface area contributed by atoms with Crippen LogP contribution in [0.3, 0.4) is 0 Å². The van der Waals surface area contributed by atoms with Gasteiger partial charge in [-0.25, -0.2) is 0 Å². The number of nitrogens with zero attached hydrogens (tertiary/aromatic N) is 1. The van der Waals surface area contributed by atoms with E-state index in [1.54, 1.807) is 14.2 Å². The molecule has 0 bridgehead atoms. The maximum atomic E-state index is 12.3. The molecule has 2 atom stereocenters. The number of likely N-dealkylation sites (tertiary alicyclic amines) is 1. The molecule has 1 aromatic carbocycles. The van der Waals surface area contributed by atoms with Gasteiger partial charge in [-0.3, -0.25) is 9.69 Å². The third-order valence-corrected chi connectivity index (χ3v) is 4.89. The Morgan fingerprint density at radius 3 is 2.58 bits per heavy atom. The molecule has 0 aliphatic carbocycles. The maximum Gasteiger partial charge on any atom is 0.234 e. The number of carbonyl (C=O) groups excluding carboxylic acids is 1. The molecule has 1 aromatic rings. The molecule has 2 unspecified atom stereocenters. The van der Waals surface area contributed by atoms with E-state index < -0.39 is 0 Å². The highest BCUT2D eigenvalue weighted by Gasteiger charge is 2.28. The molecule has 0 radical (unpaired) electrons. The number of amides is 1. The van der Waals surface area contributed by atoms with Crippen molar-refractivity contribution in [3.8, 4) is 11.5 Å². The molecule has 0 aromatic heterocycles. The van der Waals surface area contributed by atoms with Crippen LogP contribution in [0.4, 0.5) is 0 Å². The van der Waals surface area contributed by atoms with Crippen molar-refractivity contribution in [1.82, 2.24) is 10.2 Å². The Balaban J connectivity index is 2.06. The van der Waals surface area contributed by atoms with Gasteiger partial charge in [0.15, 0.2) is 11.5 Å². The third kappa shape index (κ3) is 4.41. The Morgan fingerprint density at radius 1 is 1.25 bits per heavy atom. The number of nitrogens with one attached hydrogen (secondary N) is 1. The van der Waals surface area contributed by atoms with E-state index >= 15 is 0 Å². The van der Waals surface area contributed by atoms with Crippen molar-refractivity contribution < 1.29 is 14.3 Å². The molecule has 1 N–H and O–H groups in total. The molecule has 1 aliphatic rings. The van der Waals surface area contributed by atoms with Crippen molar-refractivity contribution in [3.05, 3.63) is 23.8 Å². The number of hydrogen-bond acceptors (Lipinski definition) is 4. The molecule has 5 nitrogen and oxygen atoms in total. The van der Waals surface area contributed by atoms with Crippen LogP contribution >= 0.6 is 0 Å². The van der Waals surface area contributed by atoms with Crippen molar-refractivity contribution in [1.29, 1.82) is 0 Å². The molecule has 5 heteroatoms. The lowest BCUT2D eigenvalue weighted by molar-refractivity contribution is -0.123. The van der Waals surface area contributed by atoms with E-state index in [9.17, 15) is 4.79 Å². The van der Waals surface area contributed by atoms with Crippen LogP contribution in [0.5, 0.6) is 11.5 Å². The standard InChI is InChI=1S/C19H30N2O3/c1-13(2)14(3)20-19(22)12-21-10-6-7-16(21)15-8-9-17(23-4)18(11-15)24-5/h8-9,11,13-14,16H,6-7,10,12H2,1-5H3,(H,20,22). The smallest absolute Gasteiger partial charge is 0.234 e. The number of ether oxygens (including phenoxy) is 2. The molecular weight excluding hydrogens is 304 g/mol. The molecule has 2 rings (SSSR count). The first kappa shape index (κ1) is 18.6. The zero-order valence-corrected chi connectivity index (χ0v) is 15.5. The Labute approximate surface area is 145 Å². The number of benzene rings is 1. The third-order valence-electron chi connectivity index (χ3n) is 4.89. The fraction of sp³-hybridized carbons (Fsp3) is 0.632. The van der Waals surface area contributed by atoms with E-state index in [1.165, 1.54) is 5.56 Å². The lowest BCUT2D eigenvalue weighted by Gasteiger charge is -2.26. The highest BCUT2D eigenvalue weighted by Crippen LogP contribution is 2.36. The van der Waals surface area contributed by atoms with Gasteiger partial charge in [-0.1, -0.05) is 19.9 Å². The Morgan fingerprint density at radius 2 is 1.96 bits per heavy atom. The predicted molar refractivity (Wildman–Crippen MR) is 95.5 cm³/mol. The number of carbonyl (C=O) groups is 1. The first-order chi connectivity index (χ1) is 11.5. The minimum Gasteiger partial charge on any atom is -0.493 e. The summed E-state index contributed by atoms with van der Waals surface area (Å²) in [6, 6.07) is 6.48. The van der Waals surface area contributed by atoms with Crippen molar-refractivity contribution >= 4 is 5.91 Å². The van der Waals surface area contributed by atoms with Gasteiger partial charge in [0.2, 0.25) is 5.91 Å². The van der Waals surface area contributed by atoms with Gasteiger partial charge in [0.25, 0.3) is 0 Å². The van der Waals surface area contributed by atoms with Crippen LogP contribution in [-0.2, 0) is 4.79 Å². The minimum atomic E-state index is 0.101. The van der Waals surface area contributed by atoms with Crippen LogP contribution < -0.4 is 14.8 Å². The van der Waals surface area contributed by atoms with Gasteiger partial charge >= 0.3 is 0 Å². The zero-order chi connectivity index (χ0) is 17.7. The van der Waals surface area contributed by atoms with Gasteiger partial charge in [-0.2, -0.15) is 0 Å². The summed E-state index contributed by atoms with van der Waals surface area (Å²) in [7, 11) is 3.29. The summed E-state index contributed by atoms with van der Waals surface area (Å²) in [6.07, 6.45) is 2.16. The second-order valence-corrected chi connectivity index (χ2v) is 6.84. The summed E-state index contributed by atoms with van der Waals surface area (Å²) in [5.41, 5.74) is 1.18. The molecular formula is C19H30N2O3. The number of hydrogen-bond donors (Lipinski definition) is 1. The van der Waals surface area contributed by atoms with E-state index in [-0.39, 0.29) is 18.0 Å². The van der Waals surface area contributed by atoms with Crippen LogP contribution in [0, 0.1) is 5.92 Å². The fourth-order valence-electron chi connectivity index (χ4n) is 3.10. The van der Waals surface area contributed by atoms with Gasteiger partial charge < -0.3 is 14.8 Å². The van der Waals surface area contributed by atoms with Gasteiger partial charge in [0.1, 0.15) is 0 Å². The number of rotatable bonds is 7. The summed E-state index contributed by atoms with van der Waals surface area (Å²) in [6.45, 7) is 7.68. The lowest BCUT2D eigenvalue weighted by Crippen LogP contribution is -2.42. The molecule has 0 spiro atoms. The van der Waals surface area contributed by atoms with Gasteiger partial charge in [-0.05, 0) is 49.9 Å². The van der Waals surface area contributed by atoms with Crippen molar-refractivity contribution in [2.24, 2.45) is 5.92 Å². The van der Waals surface area contributed by atoms with Crippen LogP contribution in [0.25, 0.3) is 0 Å². The average molecular weight is 334 g/mol. The first-order valence-corrected chi connectivity index (χ1v) is 8.71. The quantitative estimate of drug-likeness (QED) is 0.833. The lowest BCUT2D eigenvalue weighted by atomic mass is 10.0. The van der Waals surface area contributed by atoms with Crippen LogP contribution in [-0.4, -0.2) is 44.2 Å². The van der Waals surface area contributed by atoms with Crippen molar-refractivity contribution in [2.45, 2.75) is 45.7 Å². The number of methoxy groups -OCH3 is 2. The van der Waals surface area contributed by atoms with E-state index in [2.05, 4.69) is 37.1 Å². The van der Waals surface area contributed by atoms with Crippen LogP contribution in [0.15, 0.2) is 18.2 Å². The molecule has 1 fully saturated rings. The summed E-state index contributed by atoms with van der Waals surface area (Å²) in [4.78, 5) is 14.6. The van der Waals surface area contributed by atoms with E-state index in [0.29, 0.717) is 12.5 Å². The Bertz CT molecular complexity index is 560. The summed E-state index contributed by atoms with van der Waals surface area (Å²) in [5.74, 6) is 2.01. The molecule has 134 valence electrons. The summed E-state index contributed by atoms with van der Waals surface area (Å²) in [5, 5.41) is 3.09. The monoisotopic (exact) mass is 334 g/mol. The van der Waals surface area contributed by atoms with E-state index in [0.717, 1.165) is 30.9 Å². The molecule has 1 heterocycles. The molecule has 0 saturated carbocycles.